The van der Waals surface area contributed by atoms with E-state index in [2.05, 4.69) is 10.0 Å². The number of nitrogens with one attached hydrogen (secondary N) is 2. The predicted molar refractivity (Wildman–Crippen MR) is 103 cm³/mol. The number of nitrogens with zero attached hydrogens (tertiary/aromatic N) is 1. The molecule has 0 bridgehead atoms. The van der Waals surface area contributed by atoms with E-state index in [9.17, 15) is 13.2 Å². The summed E-state index contributed by atoms with van der Waals surface area (Å²) >= 11 is 5.98. The molecule has 0 saturated heterocycles. The van der Waals surface area contributed by atoms with Crippen molar-refractivity contribution in [2.45, 2.75) is 11.8 Å². The molecule has 2 N–H and O–H groups in total. The number of anilines is 2. The Labute approximate surface area is 162 Å². The highest BCUT2D eigenvalue weighted by Gasteiger charge is 2.16. The molecule has 27 heavy (non-hydrogen) atoms. The zero-order valence-electron chi connectivity index (χ0n) is 14.3. The molecule has 0 aliphatic carbocycles. The molecule has 0 aromatic heterocycles. The Bertz CT molecular complexity index is 1010. The number of ether oxygens (including phenoxy) is 1. The highest BCUT2D eigenvalue weighted by molar-refractivity contribution is 7.92. The second-order valence-corrected chi connectivity index (χ2v) is 7.24. The van der Waals surface area contributed by atoms with Crippen molar-refractivity contribution in [2.75, 3.05) is 16.6 Å². The number of carbonyl (C=O) groups excluding carboxylic acids is 1. The quantitative estimate of drug-likeness (QED) is 0.414. The molecule has 0 radical (unpaired) electrons. The average molecular weight is 406 g/mol. The van der Waals surface area contributed by atoms with Gasteiger partial charge in [-0.25, -0.2) is 13.2 Å². The molecule has 140 valence electrons. The minimum absolute atomic E-state index is 0.0181. The third kappa shape index (κ3) is 5.48. The number of halogens is 1. The number of carbonyl (C=O) groups is 1. The van der Waals surface area contributed by atoms with E-state index in [1.165, 1.54) is 18.2 Å². The maximum Gasteiger partial charge on any atom is 0.350 e. The molecule has 0 spiro atoms. The SMILES string of the molecule is CCOC(=O)/C(C#N)=C/Nc1cccc(S(=O)(=O)Nc2ccccc2Cl)c1. The highest BCUT2D eigenvalue weighted by Crippen LogP contribution is 2.25. The smallest absolute Gasteiger partial charge is 0.350 e. The summed E-state index contributed by atoms with van der Waals surface area (Å²) in [6, 6.07) is 14.1. The Hall–Kier alpha value is -3.02. The molecule has 0 fully saturated rings. The van der Waals surface area contributed by atoms with Crippen LogP contribution >= 0.6 is 11.6 Å². The minimum atomic E-state index is -3.88. The van der Waals surface area contributed by atoms with Gasteiger partial charge >= 0.3 is 5.97 Å². The Morgan fingerprint density at radius 3 is 2.67 bits per heavy atom. The maximum atomic E-state index is 12.6. The lowest BCUT2D eigenvalue weighted by Gasteiger charge is -2.10. The molecule has 2 aromatic rings. The fourth-order valence-corrected chi connectivity index (χ4v) is 3.37. The van der Waals surface area contributed by atoms with Crippen LogP contribution in [-0.4, -0.2) is 21.0 Å². The van der Waals surface area contributed by atoms with Crippen molar-refractivity contribution in [3.8, 4) is 6.07 Å². The number of sulfonamides is 1. The van der Waals surface area contributed by atoms with Gasteiger partial charge in [0.2, 0.25) is 0 Å². The zero-order valence-corrected chi connectivity index (χ0v) is 15.8. The lowest BCUT2D eigenvalue weighted by molar-refractivity contribution is -0.138. The van der Waals surface area contributed by atoms with Crippen molar-refractivity contribution in [3.63, 3.8) is 0 Å². The fourth-order valence-electron chi connectivity index (χ4n) is 2.00. The molecular formula is C18H16ClN3O4S. The van der Waals surface area contributed by atoms with Crippen molar-refractivity contribution in [3.05, 3.63) is 65.3 Å². The van der Waals surface area contributed by atoms with Gasteiger partial charge in [-0.05, 0) is 37.3 Å². The van der Waals surface area contributed by atoms with E-state index in [0.717, 1.165) is 6.20 Å². The van der Waals surface area contributed by atoms with Crippen LogP contribution in [0.4, 0.5) is 11.4 Å². The topological polar surface area (TPSA) is 108 Å². The van der Waals surface area contributed by atoms with Gasteiger partial charge in [0.1, 0.15) is 6.07 Å². The first-order valence-electron chi connectivity index (χ1n) is 7.78. The summed E-state index contributed by atoms with van der Waals surface area (Å²) in [5, 5.41) is 12.0. The summed E-state index contributed by atoms with van der Waals surface area (Å²) in [6.07, 6.45) is 1.16. The van der Waals surface area contributed by atoms with Gasteiger partial charge in [-0.2, -0.15) is 5.26 Å². The molecule has 2 aromatic carbocycles. The third-order valence-electron chi connectivity index (χ3n) is 3.26. The van der Waals surface area contributed by atoms with Gasteiger partial charge in [0.15, 0.2) is 5.57 Å². The Morgan fingerprint density at radius 1 is 1.26 bits per heavy atom. The number of benzene rings is 2. The van der Waals surface area contributed by atoms with E-state index in [0.29, 0.717) is 5.69 Å². The summed E-state index contributed by atoms with van der Waals surface area (Å²) in [5.41, 5.74) is 0.389. The number of nitriles is 1. The van der Waals surface area contributed by atoms with E-state index < -0.39 is 16.0 Å². The molecule has 2 rings (SSSR count). The van der Waals surface area contributed by atoms with Crippen molar-refractivity contribution in [1.29, 1.82) is 5.26 Å². The predicted octanol–water partition coefficient (Wildman–Crippen LogP) is 3.52. The number of hydrogen-bond acceptors (Lipinski definition) is 6. The van der Waals surface area contributed by atoms with E-state index in [4.69, 9.17) is 21.6 Å². The van der Waals surface area contributed by atoms with Gasteiger partial charge in [-0.1, -0.05) is 29.8 Å². The summed E-state index contributed by atoms with van der Waals surface area (Å²) in [7, 11) is -3.88. The first-order valence-corrected chi connectivity index (χ1v) is 9.65. The van der Waals surface area contributed by atoms with Crippen molar-refractivity contribution >= 4 is 39.0 Å². The number of hydrogen-bond donors (Lipinski definition) is 2. The summed E-state index contributed by atoms with van der Waals surface area (Å²) < 4.78 is 32.3. The Kier molecular flexibility index (Phi) is 6.82. The maximum absolute atomic E-state index is 12.6. The lowest BCUT2D eigenvalue weighted by Crippen LogP contribution is -2.13. The van der Waals surface area contributed by atoms with Gasteiger partial charge in [0.25, 0.3) is 10.0 Å². The van der Waals surface area contributed by atoms with Crippen LogP contribution in [0, 0.1) is 11.3 Å². The standard InChI is InChI=1S/C18H16ClN3O4S/c1-2-26-18(23)13(11-20)12-21-14-6-5-7-15(10-14)27(24,25)22-17-9-4-3-8-16(17)19/h3-10,12,21-22H,2H2,1H3/b13-12+. The molecule has 0 heterocycles. The summed E-state index contributed by atoms with van der Waals surface area (Å²) in [6.45, 7) is 1.76. The second kappa shape index (κ2) is 9.07. The molecule has 0 aliphatic rings. The molecular weight excluding hydrogens is 390 g/mol. The molecule has 0 atom stereocenters. The van der Waals surface area contributed by atoms with Crippen molar-refractivity contribution in [1.82, 2.24) is 0 Å². The summed E-state index contributed by atoms with van der Waals surface area (Å²) in [5.74, 6) is -0.767. The van der Waals surface area contributed by atoms with Crippen LogP contribution in [0.2, 0.25) is 5.02 Å². The van der Waals surface area contributed by atoms with Gasteiger partial charge < -0.3 is 10.1 Å². The van der Waals surface area contributed by atoms with Crippen LogP contribution in [0.3, 0.4) is 0 Å². The largest absolute Gasteiger partial charge is 0.462 e. The fraction of sp³-hybridized carbons (Fsp3) is 0.111. The number of para-hydroxylation sites is 1. The van der Waals surface area contributed by atoms with Crippen LogP contribution in [0.25, 0.3) is 0 Å². The van der Waals surface area contributed by atoms with Crippen LogP contribution < -0.4 is 10.0 Å². The van der Waals surface area contributed by atoms with Crippen molar-refractivity contribution in [2.24, 2.45) is 0 Å². The average Bonchev–Trinajstić information content (AvgIpc) is 2.64. The molecule has 7 nitrogen and oxygen atoms in total. The van der Waals surface area contributed by atoms with Crippen LogP contribution in [-0.2, 0) is 19.6 Å². The minimum Gasteiger partial charge on any atom is -0.462 e. The van der Waals surface area contributed by atoms with Crippen molar-refractivity contribution < 1.29 is 17.9 Å². The lowest BCUT2D eigenvalue weighted by atomic mass is 10.3. The number of rotatable bonds is 7. The van der Waals surface area contributed by atoms with Gasteiger partial charge in [0.05, 0.1) is 22.2 Å². The second-order valence-electron chi connectivity index (χ2n) is 5.15. The first kappa shape index (κ1) is 20.3. The molecule has 9 heteroatoms. The normalized spacial score (nSPS) is 11.4. The van der Waals surface area contributed by atoms with Crippen LogP contribution in [0.1, 0.15) is 6.92 Å². The Morgan fingerprint density at radius 2 is 2.00 bits per heavy atom. The molecule has 0 amide bonds. The first-order chi connectivity index (χ1) is 12.9. The van der Waals surface area contributed by atoms with E-state index in [-0.39, 0.29) is 27.8 Å². The molecule has 0 aliphatic heterocycles. The molecule has 0 unspecified atom stereocenters. The Balaban J connectivity index is 2.23. The molecule has 0 saturated carbocycles. The van der Waals surface area contributed by atoms with E-state index in [1.807, 2.05) is 0 Å². The zero-order chi connectivity index (χ0) is 19.9. The van der Waals surface area contributed by atoms with Crippen LogP contribution in [0.15, 0.2) is 65.2 Å². The summed E-state index contributed by atoms with van der Waals surface area (Å²) in [4.78, 5) is 11.6. The van der Waals surface area contributed by atoms with E-state index >= 15 is 0 Å². The third-order valence-corrected chi connectivity index (χ3v) is 4.95. The van der Waals surface area contributed by atoms with Gasteiger partial charge in [-0.3, -0.25) is 4.72 Å². The van der Waals surface area contributed by atoms with Gasteiger partial charge in [0, 0.05) is 11.9 Å². The van der Waals surface area contributed by atoms with E-state index in [1.54, 1.807) is 43.3 Å². The monoisotopic (exact) mass is 405 g/mol. The van der Waals surface area contributed by atoms with Crippen LogP contribution in [0.5, 0.6) is 0 Å². The number of esters is 1. The van der Waals surface area contributed by atoms with Gasteiger partial charge in [-0.15, -0.1) is 0 Å². The highest BCUT2D eigenvalue weighted by atomic mass is 35.5.